The quantitative estimate of drug-likeness (QED) is 0.524. The fourth-order valence-corrected chi connectivity index (χ4v) is 3.13. The lowest BCUT2D eigenvalue weighted by Crippen LogP contribution is -2.20. The third kappa shape index (κ3) is 3.40. The maximum atomic E-state index is 12.5. The third-order valence-electron chi connectivity index (χ3n) is 4.48. The molecule has 0 atom stereocenters. The van der Waals surface area contributed by atoms with Gasteiger partial charge in [0.25, 0.3) is 0 Å². The average molecular weight is 356 g/mol. The molecule has 2 heterocycles. The van der Waals surface area contributed by atoms with Crippen LogP contribution in [0, 0.1) is 13.8 Å². The molecule has 27 heavy (non-hydrogen) atoms. The number of aromatic nitrogens is 2. The number of para-hydroxylation sites is 1. The molecule has 0 aliphatic carbocycles. The molecule has 0 fully saturated rings. The van der Waals surface area contributed by atoms with Gasteiger partial charge in [0.15, 0.2) is 5.82 Å². The van der Waals surface area contributed by atoms with E-state index in [4.69, 9.17) is 0 Å². The van der Waals surface area contributed by atoms with Crippen LogP contribution in [0.25, 0.3) is 16.7 Å². The Labute approximate surface area is 157 Å². The molecule has 2 aromatic heterocycles. The minimum atomic E-state index is -0.304. The molecule has 2 aromatic carbocycles. The van der Waals surface area contributed by atoms with Crippen molar-refractivity contribution >= 4 is 28.3 Å². The van der Waals surface area contributed by atoms with Crippen LogP contribution in [0.2, 0.25) is 0 Å². The fraction of sp³-hybridized carbons (Fsp3) is 0.0909. The summed E-state index contributed by atoms with van der Waals surface area (Å²) in [6.45, 7) is 4.08. The summed E-state index contributed by atoms with van der Waals surface area (Å²) < 4.78 is 2.01. The molecule has 0 bridgehead atoms. The van der Waals surface area contributed by atoms with E-state index in [-0.39, 0.29) is 6.03 Å². The summed E-state index contributed by atoms with van der Waals surface area (Å²) in [5.41, 5.74) is 4.74. The number of hydrogen-bond donors (Lipinski definition) is 2. The summed E-state index contributed by atoms with van der Waals surface area (Å²) in [6.07, 6.45) is 3.76. The van der Waals surface area contributed by atoms with Gasteiger partial charge in [-0.2, -0.15) is 0 Å². The Morgan fingerprint density at radius 3 is 2.52 bits per heavy atom. The summed E-state index contributed by atoms with van der Waals surface area (Å²) in [6, 6.07) is 19.2. The molecule has 5 nitrogen and oxygen atoms in total. The largest absolute Gasteiger partial charge is 0.323 e. The van der Waals surface area contributed by atoms with E-state index < -0.39 is 0 Å². The first-order valence-corrected chi connectivity index (χ1v) is 8.78. The molecule has 0 unspecified atom stereocenters. The third-order valence-corrected chi connectivity index (χ3v) is 4.48. The number of amides is 2. The van der Waals surface area contributed by atoms with E-state index >= 15 is 0 Å². The highest BCUT2D eigenvalue weighted by Crippen LogP contribution is 2.27. The van der Waals surface area contributed by atoms with E-state index in [0.717, 1.165) is 22.3 Å². The fourth-order valence-electron chi connectivity index (χ4n) is 3.13. The normalized spacial score (nSPS) is 10.7. The Morgan fingerprint density at radius 2 is 1.70 bits per heavy atom. The molecule has 0 saturated heterocycles. The number of aryl methyl sites for hydroxylation is 2. The number of urea groups is 1. The van der Waals surface area contributed by atoms with E-state index in [1.807, 2.05) is 72.3 Å². The maximum Gasteiger partial charge on any atom is 0.323 e. The van der Waals surface area contributed by atoms with Crippen LogP contribution < -0.4 is 10.6 Å². The first-order valence-electron chi connectivity index (χ1n) is 8.78. The van der Waals surface area contributed by atoms with Crippen LogP contribution >= 0.6 is 0 Å². The van der Waals surface area contributed by atoms with Gasteiger partial charge in [0.1, 0.15) is 0 Å². The first kappa shape index (κ1) is 16.8. The van der Waals surface area contributed by atoms with E-state index in [1.54, 1.807) is 6.20 Å². The summed E-state index contributed by atoms with van der Waals surface area (Å²) >= 11 is 0. The highest BCUT2D eigenvalue weighted by Gasteiger charge is 2.13. The van der Waals surface area contributed by atoms with Crippen LogP contribution in [0.4, 0.5) is 16.2 Å². The van der Waals surface area contributed by atoms with Crippen LogP contribution in [0.5, 0.6) is 0 Å². The number of carbonyl (C=O) groups excluding carboxylic acids is 1. The highest BCUT2D eigenvalue weighted by molar-refractivity contribution is 6.01. The predicted octanol–water partition coefficient (Wildman–Crippen LogP) is 5.29. The van der Waals surface area contributed by atoms with Crippen molar-refractivity contribution < 1.29 is 4.79 Å². The second kappa shape index (κ2) is 6.96. The van der Waals surface area contributed by atoms with Crippen LogP contribution in [-0.4, -0.2) is 15.6 Å². The summed E-state index contributed by atoms with van der Waals surface area (Å²) in [7, 11) is 0. The number of hydrogen-bond acceptors (Lipinski definition) is 2. The Kier molecular flexibility index (Phi) is 4.34. The maximum absolute atomic E-state index is 12.5. The van der Waals surface area contributed by atoms with Crippen LogP contribution in [-0.2, 0) is 0 Å². The minimum Gasteiger partial charge on any atom is -0.308 e. The lowest BCUT2D eigenvalue weighted by molar-refractivity contribution is 0.262. The van der Waals surface area contributed by atoms with E-state index in [2.05, 4.69) is 28.6 Å². The molecule has 0 saturated carbocycles. The minimum absolute atomic E-state index is 0.304. The van der Waals surface area contributed by atoms with Crippen molar-refractivity contribution in [2.24, 2.45) is 0 Å². The van der Waals surface area contributed by atoms with Crippen molar-refractivity contribution in [2.45, 2.75) is 13.8 Å². The van der Waals surface area contributed by atoms with Gasteiger partial charge in [0.05, 0.1) is 11.2 Å². The highest BCUT2D eigenvalue weighted by atomic mass is 16.2. The summed E-state index contributed by atoms with van der Waals surface area (Å²) in [5, 5.41) is 6.93. The standard InChI is InChI=1S/C22H20N4O/c1-15-9-11-17(12-10-15)24-22(27)25-19-7-5-13-23-21(19)26-14-16(2)18-6-3-4-8-20(18)26/h3-14H,1-2H3,(H2,24,25,27). The molecule has 2 N–H and O–H groups in total. The number of anilines is 2. The van der Waals surface area contributed by atoms with Gasteiger partial charge in [-0.1, -0.05) is 35.9 Å². The first-order chi connectivity index (χ1) is 13.1. The molecular formula is C22H20N4O. The lowest BCUT2D eigenvalue weighted by Gasteiger charge is -2.13. The van der Waals surface area contributed by atoms with Gasteiger partial charge < -0.3 is 10.6 Å². The molecule has 2 amide bonds. The zero-order valence-electron chi connectivity index (χ0n) is 15.2. The number of nitrogens with zero attached hydrogens (tertiary/aromatic N) is 2. The summed E-state index contributed by atoms with van der Waals surface area (Å²) in [5.74, 6) is 0.681. The number of benzene rings is 2. The van der Waals surface area contributed by atoms with E-state index in [1.165, 1.54) is 5.39 Å². The second-order valence-electron chi connectivity index (χ2n) is 6.52. The van der Waals surface area contributed by atoms with Crippen molar-refractivity contribution in [3.05, 3.63) is 84.2 Å². The number of nitrogens with one attached hydrogen (secondary N) is 2. The van der Waals surface area contributed by atoms with Crippen molar-refractivity contribution in [2.75, 3.05) is 10.6 Å². The van der Waals surface area contributed by atoms with Crippen molar-refractivity contribution in [3.8, 4) is 5.82 Å². The smallest absolute Gasteiger partial charge is 0.308 e. The second-order valence-corrected chi connectivity index (χ2v) is 6.52. The van der Waals surface area contributed by atoms with Crippen molar-refractivity contribution in [1.29, 1.82) is 0 Å². The Hall–Kier alpha value is -3.60. The van der Waals surface area contributed by atoms with Crippen LogP contribution in [0.15, 0.2) is 73.1 Å². The molecule has 0 aliphatic rings. The number of rotatable bonds is 3. The molecule has 4 rings (SSSR count). The molecule has 134 valence electrons. The Morgan fingerprint density at radius 1 is 0.926 bits per heavy atom. The Balaban J connectivity index is 1.65. The molecule has 4 aromatic rings. The average Bonchev–Trinajstić information content (AvgIpc) is 3.01. The monoisotopic (exact) mass is 356 g/mol. The van der Waals surface area contributed by atoms with Gasteiger partial charge in [-0.3, -0.25) is 4.57 Å². The molecule has 0 radical (unpaired) electrons. The lowest BCUT2D eigenvalue weighted by atomic mass is 10.2. The van der Waals surface area contributed by atoms with Gasteiger partial charge in [-0.05, 0) is 49.7 Å². The predicted molar refractivity (Wildman–Crippen MR) is 110 cm³/mol. The Bertz CT molecular complexity index is 1110. The van der Waals surface area contributed by atoms with Crippen molar-refractivity contribution in [3.63, 3.8) is 0 Å². The number of fused-ring (bicyclic) bond motifs is 1. The number of carbonyl (C=O) groups is 1. The van der Waals surface area contributed by atoms with Gasteiger partial charge in [-0.25, -0.2) is 9.78 Å². The van der Waals surface area contributed by atoms with Gasteiger partial charge >= 0.3 is 6.03 Å². The zero-order valence-corrected chi connectivity index (χ0v) is 15.2. The van der Waals surface area contributed by atoms with Gasteiger partial charge in [-0.15, -0.1) is 0 Å². The van der Waals surface area contributed by atoms with Crippen molar-refractivity contribution in [1.82, 2.24) is 9.55 Å². The van der Waals surface area contributed by atoms with Gasteiger partial charge in [0, 0.05) is 23.5 Å². The van der Waals surface area contributed by atoms with Gasteiger partial charge in [0.2, 0.25) is 0 Å². The number of pyridine rings is 1. The molecule has 0 spiro atoms. The zero-order chi connectivity index (χ0) is 18.8. The van der Waals surface area contributed by atoms with Crippen LogP contribution in [0.1, 0.15) is 11.1 Å². The SMILES string of the molecule is Cc1ccc(NC(=O)Nc2cccnc2-n2cc(C)c3ccccc32)cc1. The summed E-state index contributed by atoms with van der Waals surface area (Å²) in [4.78, 5) is 17.0. The van der Waals surface area contributed by atoms with E-state index in [9.17, 15) is 4.79 Å². The molecular weight excluding hydrogens is 336 g/mol. The van der Waals surface area contributed by atoms with E-state index in [0.29, 0.717) is 11.5 Å². The molecule has 0 aliphatic heterocycles. The topological polar surface area (TPSA) is 59.0 Å². The molecule has 5 heteroatoms. The van der Waals surface area contributed by atoms with Crippen LogP contribution in [0.3, 0.4) is 0 Å².